The average Bonchev–Trinajstić information content (AvgIpc) is 3.14. The monoisotopic (exact) mass is 445 g/mol. The molecule has 3 rings (SSSR count). The van der Waals surface area contributed by atoms with Crippen molar-refractivity contribution in [3.63, 3.8) is 0 Å². The van der Waals surface area contributed by atoms with Crippen molar-refractivity contribution in [3.8, 4) is 5.69 Å². The maximum atomic E-state index is 13.8. The van der Waals surface area contributed by atoms with Gasteiger partial charge in [0, 0.05) is 6.54 Å². The van der Waals surface area contributed by atoms with Crippen molar-refractivity contribution >= 4 is 17.5 Å². The van der Waals surface area contributed by atoms with E-state index < -0.39 is 41.5 Å². The van der Waals surface area contributed by atoms with Gasteiger partial charge in [0.05, 0.1) is 17.1 Å². The van der Waals surface area contributed by atoms with Gasteiger partial charge in [-0.05, 0) is 50.1 Å². The fourth-order valence-corrected chi connectivity index (χ4v) is 3.19. The highest BCUT2D eigenvalue weighted by atomic mass is 19.2. The van der Waals surface area contributed by atoms with Crippen molar-refractivity contribution in [1.29, 1.82) is 0 Å². The second kappa shape index (κ2) is 9.63. The Bertz CT molecular complexity index is 1160. The molecule has 1 aromatic heterocycles. The molecular formula is C22H22F3N5O2. The first-order chi connectivity index (χ1) is 15.2. The van der Waals surface area contributed by atoms with Crippen LogP contribution in [0.2, 0.25) is 0 Å². The molecule has 0 saturated carbocycles. The number of benzene rings is 2. The molecule has 32 heavy (non-hydrogen) atoms. The van der Waals surface area contributed by atoms with Crippen LogP contribution in [0.4, 0.5) is 18.9 Å². The standard InChI is InChI=1S/C22H22F3N5O2/c1-4-10-29(12-18(31)26-17-9-8-16(23)19(24)20(17)25)22(32)21-14(3)30(28-27-21)15-7-5-6-13(2)11-15/h5-9,11H,4,10,12H2,1-3H3,(H,26,31). The summed E-state index contributed by atoms with van der Waals surface area (Å²) in [7, 11) is 0. The molecule has 0 aliphatic rings. The van der Waals surface area contributed by atoms with Crippen molar-refractivity contribution in [1.82, 2.24) is 19.9 Å². The summed E-state index contributed by atoms with van der Waals surface area (Å²) in [6, 6.07) is 9.13. The normalized spacial score (nSPS) is 10.8. The predicted molar refractivity (Wildman–Crippen MR) is 112 cm³/mol. The van der Waals surface area contributed by atoms with Gasteiger partial charge in [0.25, 0.3) is 5.91 Å². The van der Waals surface area contributed by atoms with E-state index in [0.29, 0.717) is 18.2 Å². The number of carbonyl (C=O) groups is 2. The zero-order chi connectivity index (χ0) is 23.4. The van der Waals surface area contributed by atoms with E-state index >= 15 is 0 Å². The van der Waals surface area contributed by atoms with Crippen LogP contribution in [0.3, 0.4) is 0 Å². The van der Waals surface area contributed by atoms with Gasteiger partial charge in [-0.15, -0.1) is 5.10 Å². The average molecular weight is 445 g/mol. The van der Waals surface area contributed by atoms with Crippen molar-refractivity contribution in [2.24, 2.45) is 0 Å². The maximum absolute atomic E-state index is 13.8. The Balaban J connectivity index is 1.79. The zero-order valence-corrected chi connectivity index (χ0v) is 17.8. The number of aryl methyl sites for hydroxylation is 1. The lowest BCUT2D eigenvalue weighted by Crippen LogP contribution is -2.39. The number of carbonyl (C=O) groups excluding carboxylic acids is 2. The first kappa shape index (κ1) is 23.0. The van der Waals surface area contributed by atoms with Crippen molar-refractivity contribution in [3.05, 3.63) is 70.8 Å². The van der Waals surface area contributed by atoms with Gasteiger partial charge >= 0.3 is 0 Å². The largest absolute Gasteiger partial charge is 0.328 e. The lowest BCUT2D eigenvalue weighted by Gasteiger charge is -2.21. The summed E-state index contributed by atoms with van der Waals surface area (Å²) in [5.74, 6) is -5.85. The van der Waals surface area contributed by atoms with Crippen LogP contribution in [0, 0.1) is 31.3 Å². The van der Waals surface area contributed by atoms with Crippen LogP contribution in [0.15, 0.2) is 36.4 Å². The minimum absolute atomic E-state index is 0.0757. The summed E-state index contributed by atoms with van der Waals surface area (Å²) in [6.45, 7) is 5.24. The zero-order valence-electron chi connectivity index (χ0n) is 17.8. The number of hydrogen-bond donors (Lipinski definition) is 1. The van der Waals surface area contributed by atoms with Gasteiger partial charge in [0.1, 0.15) is 6.54 Å². The lowest BCUT2D eigenvalue weighted by molar-refractivity contribution is -0.116. The molecule has 2 aromatic carbocycles. The van der Waals surface area contributed by atoms with E-state index in [1.54, 1.807) is 6.92 Å². The molecule has 2 amide bonds. The Morgan fingerprint density at radius 1 is 1.09 bits per heavy atom. The molecule has 0 radical (unpaired) electrons. The molecule has 0 aliphatic heterocycles. The highest BCUT2D eigenvalue weighted by Crippen LogP contribution is 2.20. The van der Waals surface area contributed by atoms with E-state index in [0.717, 1.165) is 17.3 Å². The smallest absolute Gasteiger partial charge is 0.276 e. The van der Waals surface area contributed by atoms with E-state index in [4.69, 9.17) is 0 Å². The van der Waals surface area contributed by atoms with Crippen molar-refractivity contribution in [2.45, 2.75) is 27.2 Å². The molecule has 168 valence electrons. The van der Waals surface area contributed by atoms with Crippen LogP contribution in [0.1, 0.15) is 35.1 Å². The van der Waals surface area contributed by atoms with Gasteiger partial charge in [-0.25, -0.2) is 17.9 Å². The first-order valence-corrected chi connectivity index (χ1v) is 9.94. The van der Waals surface area contributed by atoms with Crippen LogP contribution in [-0.2, 0) is 4.79 Å². The number of anilines is 1. The number of rotatable bonds is 7. The van der Waals surface area contributed by atoms with Gasteiger partial charge in [-0.1, -0.05) is 24.3 Å². The summed E-state index contributed by atoms with van der Waals surface area (Å²) in [5.41, 5.74) is 1.81. The van der Waals surface area contributed by atoms with Gasteiger partial charge in [0.15, 0.2) is 23.1 Å². The predicted octanol–water partition coefficient (Wildman–Crippen LogP) is 3.79. The number of halogens is 3. The van der Waals surface area contributed by atoms with Gasteiger partial charge in [0.2, 0.25) is 5.91 Å². The number of amides is 2. The van der Waals surface area contributed by atoms with E-state index in [1.807, 2.05) is 38.1 Å². The Morgan fingerprint density at radius 3 is 2.53 bits per heavy atom. The van der Waals surface area contributed by atoms with E-state index in [-0.39, 0.29) is 12.2 Å². The van der Waals surface area contributed by atoms with E-state index in [1.165, 1.54) is 9.58 Å². The number of nitrogens with zero attached hydrogens (tertiary/aromatic N) is 4. The maximum Gasteiger partial charge on any atom is 0.276 e. The highest BCUT2D eigenvalue weighted by Gasteiger charge is 2.25. The highest BCUT2D eigenvalue weighted by molar-refractivity contribution is 5.99. The molecule has 0 spiro atoms. The quantitative estimate of drug-likeness (QED) is 0.561. The Labute approximate surface area is 182 Å². The van der Waals surface area contributed by atoms with Gasteiger partial charge in [-0.3, -0.25) is 9.59 Å². The summed E-state index contributed by atoms with van der Waals surface area (Å²) in [5, 5.41) is 10.2. The van der Waals surface area contributed by atoms with Crippen LogP contribution in [-0.4, -0.2) is 44.8 Å². The Kier molecular flexibility index (Phi) is 6.92. The third kappa shape index (κ3) is 4.79. The molecule has 0 unspecified atom stereocenters. The minimum Gasteiger partial charge on any atom is -0.328 e. The lowest BCUT2D eigenvalue weighted by atomic mass is 10.2. The second-order valence-corrected chi connectivity index (χ2v) is 7.27. The van der Waals surface area contributed by atoms with Crippen LogP contribution in [0.5, 0.6) is 0 Å². The fraction of sp³-hybridized carbons (Fsp3) is 0.273. The second-order valence-electron chi connectivity index (χ2n) is 7.27. The summed E-state index contributed by atoms with van der Waals surface area (Å²) in [4.78, 5) is 26.7. The van der Waals surface area contributed by atoms with Crippen molar-refractivity contribution in [2.75, 3.05) is 18.4 Å². The molecule has 1 N–H and O–H groups in total. The van der Waals surface area contributed by atoms with E-state index in [2.05, 4.69) is 15.6 Å². The SMILES string of the molecule is CCCN(CC(=O)Nc1ccc(F)c(F)c1F)C(=O)c1nnn(-c2cccc(C)c2)c1C. The fourth-order valence-electron chi connectivity index (χ4n) is 3.19. The number of nitrogens with one attached hydrogen (secondary N) is 1. The van der Waals surface area contributed by atoms with E-state index in [9.17, 15) is 22.8 Å². The molecule has 0 bridgehead atoms. The summed E-state index contributed by atoms with van der Waals surface area (Å²) in [6.07, 6.45) is 0.545. The molecule has 0 saturated heterocycles. The Morgan fingerprint density at radius 2 is 1.84 bits per heavy atom. The molecule has 0 fully saturated rings. The summed E-state index contributed by atoms with van der Waals surface area (Å²) < 4.78 is 41.9. The minimum atomic E-state index is -1.69. The first-order valence-electron chi connectivity index (χ1n) is 9.94. The number of hydrogen-bond acceptors (Lipinski definition) is 4. The van der Waals surface area contributed by atoms with Gasteiger partial charge < -0.3 is 10.2 Å². The van der Waals surface area contributed by atoms with Crippen LogP contribution in [0.25, 0.3) is 5.69 Å². The molecule has 7 nitrogen and oxygen atoms in total. The number of aromatic nitrogens is 3. The molecular weight excluding hydrogens is 423 g/mol. The van der Waals surface area contributed by atoms with Crippen molar-refractivity contribution < 1.29 is 22.8 Å². The molecule has 0 atom stereocenters. The molecule has 10 heteroatoms. The molecule has 0 aliphatic carbocycles. The Hall–Kier alpha value is -3.69. The third-order valence-electron chi connectivity index (χ3n) is 4.77. The van der Waals surface area contributed by atoms with Gasteiger partial charge in [-0.2, -0.15) is 0 Å². The third-order valence-corrected chi connectivity index (χ3v) is 4.77. The molecule has 1 heterocycles. The summed E-state index contributed by atoms with van der Waals surface area (Å²) >= 11 is 0. The van der Waals surface area contributed by atoms with Crippen LogP contribution < -0.4 is 5.32 Å². The topological polar surface area (TPSA) is 80.1 Å². The molecule has 3 aromatic rings. The van der Waals surface area contributed by atoms with Crippen LogP contribution >= 0.6 is 0 Å².